The predicted octanol–water partition coefficient (Wildman–Crippen LogP) is 2.95. The number of aromatic nitrogens is 1. The number of amides is 1. The van der Waals surface area contributed by atoms with E-state index in [1.54, 1.807) is 6.92 Å². The lowest BCUT2D eigenvalue weighted by Crippen LogP contribution is -2.48. The molecule has 0 atom stereocenters. The fraction of sp³-hybridized carbons (Fsp3) is 0.500. The average Bonchev–Trinajstić information content (AvgIpc) is 2.99. The van der Waals surface area contributed by atoms with Crippen molar-refractivity contribution in [2.24, 2.45) is 0 Å². The maximum absolute atomic E-state index is 12.7. The van der Waals surface area contributed by atoms with E-state index in [2.05, 4.69) is 34.1 Å². The molecule has 5 heteroatoms. The number of nitrogens with zero attached hydrogens (tertiary/aromatic N) is 3. The van der Waals surface area contributed by atoms with Crippen LogP contribution in [0.1, 0.15) is 46.1 Å². The van der Waals surface area contributed by atoms with E-state index in [9.17, 15) is 4.79 Å². The van der Waals surface area contributed by atoms with Crippen LogP contribution in [0.5, 0.6) is 0 Å². The lowest BCUT2D eigenvalue weighted by Gasteiger charge is -2.40. The third-order valence-electron chi connectivity index (χ3n) is 5.53. The predicted molar refractivity (Wildman–Crippen MR) is 95.5 cm³/mol. The van der Waals surface area contributed by atoms with Crippen LogP contribution >= 0.6 is 0 Å². The molecular weight excluding hydrogens is 314 g/mol. The molecule has 0 spiro atoms. The van der Waals surface area contributed by atoms with E-state index in [0.29, 0.717) is 23.4 Å². The van der Waals surface area contributed by atoms with Crippen molar-refractivity contribution in [1.82, 2.24) is 14.8 Å². The number of hydrogen-bond donors (Lipinski definition) is 0. The smallest absolute Gasteiger partial charge is 0.276 e. The first kappa shape index (κ1) is 16.3. The van der Waals surface area contributed by atoms with Crippen molar-refractivity contribution in [3.05, 3.63) is 52.7 Å². The molecule has 2 aliphatic rings. The monoisotopic (exact) mass is 339 g/mol. The SMILES string of the molecule is Cc1nc(C(=O)N2CCC(N3CCc4ccccc4C3)CC2)c(C)o1. The van der Waals surface area contributed by atoms with Crippen molar-refractivity contribution in [2.45, 2.75) is 45.7 Å². The second kappa shape index (κ2) is 6.64. The minimum absolute atomic E-state index is 0.0109. The van der Waals surface area contributed by atoms with Crippen molar-refractivity contribution in [3.8, 4) is 0 Å². The Morgan fingerprint density at radius 2 is 1.84 bits per heavy atom. The van der Waals surface area contributed by atoms with Gasteiger partial charge in [-0.05, 0) is 37.3 Å². The van der Waals surface area contributed by atoms with Crippen LogP contribution in [-0.4, -0.2) is 46.4 Å². The molecule has 0 N–H and O–H groups in total. The van der Waals surface area contributed by atoms with Crippen LogP contribution < -0.4 is 0 Å². The van der Waals surface area contributed by atoms with Gasteiger partial charge in [0.2, 0.25) is 0 Å². The molecule has 132 valence electrons. The summed E-state index contributed by atoms with van der Waals surface area (Å²) in [5.74, 6) is 1.19. The fourth-order valence-electron chi connectivity index (χ4n) is 4.14. The molecule has 1 saturated heterocycles. The van der Waals surface area contributed by atoms with Gasteiger partial charge >= 0.3 is 0 Å². The zero-order valence-electron chi connectivity index (χ0n) is 15.0. The minimum atomic E-state index is 0.0109. The molecule has 1 aromatic heterocycles. The fourth-order valence-corrected chi connectivity index (χ4v) is 4.14. The van der Waals surface area contributed by atoms with E-state index in [1.165, 1.54) is 11.1 Å². The van der Waals surface area contributed by atoms with Gasteiger partial charge in [0.05, 0.1) is 0 Å². The summed E-state index contributed by atoms with van der Waals surface area (Å²) in [7, 11) is 0. The summed E-state index contributed by atoms with van der Waals surface area (Å²) in [6.07, 6.45) is 3.19. The zero-order chi connectivity index (χ0) is 17.4. The molecule has 0 unspecified atom stereocenters. The van der Waals surface area contributed by atoms with Gasteiger partial charge in [-0.15, -0.1) is 0 Å². The molecule has 0 aliphatic carbocycles. The lowest BCUT2D eigenvalue weighted by atomic mass is 9.95. The van der Waals surface area contributed by atoms with Crippen molar-refractivity contribution in [2.75, 3.05) is 19.6 Å². The average molecular weight is 339 g/mol. The zero-order valence-corrected chi connectivity index (χ0v) is 15.0. The van der Waals surface area contributed by atoms with Crippen LogP contribution in [0.3, 0.4) is 0 Å². The van der Waals surface area contributed by atoms with Crippen molar-refractivity contribution < 1.29 is 9.21 Å². The second-order valence-corrected chi connectivity index (χ2v) is 7.15. The quantitative estimate of drug-likeness (QED) is 0.844. The molecule has 2 aliphatic heterocycles. The third-order valence-corrected chi connectivity index (χ3v) is 5.53. The maximum Gasteiger partial charge on any atom is 0.276 e. The van der Waals surface area contributed by atoms with Crippen LogP contribution in [-0.2, 0) is 13.0 Å². The highest BCUT2D eigenvalue weighted by Crippen LogP contribution is 2.25. The first-order valence-electron chi connectivity index (χ1n) is 9.16. The Bertz CT molecular complexity index is 775. The Kier molecular flexibility index (Phi) is 4.34. The number of likely N-dealkylation sites (tertiary alicyclic amines) is 1. The standard InChI is InChI=1S/C20H25N3O2/c1-14-19(21-15(2)25-14)20(24)22-11-8-18(9-12-22)23-10-7-16-5-3-4-6-17(16)13-23/h3-6,18H,7-13H2,1-2H3. The van der Waals surface area contributed by atoms with Gasteiger partial charge in [0.1, 0.15) is 5.76 Å². The number of carbonyl (C=O) groups excluding carboxylic acids is 1. The van der Waals surface area contributed by atoms with Gasteiger partial charge < -0.3 is 9.32 Å². The van der Waals surface area contributed by atoms with Crippen LogP contribution in [0.2, 0.25) is 0 Å². The summed E-state index contributed by atoms with van der Waals surface area (Å²) in [6.45, 7) is 7.35. The number of aryl methyl sites for hydroxylation is 2. The van der Waals surface area contributed by atoms with Crippen LogP contribution in [0.25, 0.3) is 0 Å². The van der Waals surface area contributed by atoms with E-state index in [1.807, 2.05) is 11.8 Å². The van der Waals surface area contributed by atoms with E-state index < -0.39 is 0 Å². The number of hydrogen-bond acceptors (Lipinski definition) is 4. The first-order valence-corrected chi connectivity index (χ1v) is 9.16. The highest BCUT2D eigenvalue weighted by molar-refractivity contribution is 5.93. The Labute approximate surface area is 148 Å². The number of oxazole rings is 1. The van der Waals surface area contributed by atoms with Crippen LogP contribution in [0.15, 0.2) is 28.7 Å². The van der Waals surface area contributed by atoms with Gasteiger partial charge in [0.25, 0.3) is 5.91 Å². The topological polar surface area (TPSA) is 49.6 Å². The first-order chi connectivity index (χ1) is 12.1. The Balaban J connectivity index is 1.37. The normalized spacial score (nSPS) is 19.0. The molecule has 25 heavy (non-hydrogen) atoms. The third kappa shape index (κ3) is 3.21. The Morgan fingerprint density at radius 1 is 1.12 bits per heavy atom. The van der Waals surface area contributed by atoms with Crippen LogP contribution in [0.4, 0.5) is 0 Å². The molecule has 4 rings (SSSR count). The highest BCUT2D eigenvalue weighted by atomic mass is 16.4. The minimum Gasteiger partial charge on any atom is -0.445 e. The highest BCUT2D eigenvalue weighted by Gasteiger charge is 2.30. The Hall–Kier alpha value is -2.14. The van der Waals surface area contributed by atoms with Gasteiger partial charge in [0.15, 0.2) is 11.6 Å². The summed E-state index contributed by atoms with van der Waals surface area (Å²) in [5, 5.41) is 0. The second-order valence-electron chi connectivity index (χ2n) is 7.15. The number of fused-ring (bicyclic) bond motifs is 1. The van der Waals surface area contributed by atoms with E-state index in [4.69, 9.17) is 4.42 Å². The van der Waals surface area contributed by atoms with Gasteiger partial charge in [-0.1, -0.05) is 24.3 Å². The van der Waals surface area contributed by atoms with Gasteiger partial charge in [-0.25, -0.2) is 4.98 Å². The summed E-state index contributed by atoms with van der Waals surface area (Å²) >= 11 is 0. The molecule has 3 heterocycles. The summed E-state index contributed by atoms with van der Waals surface area (Å²) in [6, 6.07) is 9.32. The Morgan fingerprint density at radius 3 is 2.52 bits per heavy atom. The van der Waals surface area contributed by atoms with Crippen molar-refractivity contribution >= 4 is 5.91 Å². The molecule has 2 aromatic rings. The molecule has 1 aromatic carbocycles. The van der Waals surface area contributed by atoms with E-state index in [-0.39, 0.29) is 5.91 Å². The van der Waals surface area contributed by atoms with Gasteiger partial charge in [-0.2, -0.15) is 0 Å². The van der Waals surface area contributed by atoms with E-state index >= 15 is 0 Å². The maximum atomic E-state index is 12.7. The van der Waals surface area contributed by atoms with Crippen molar-refractivity contribution in [3.63, 3.8) is 0 Å². The summed E-state index contributed by atoms with van der Waals surface area (Å²) in [4.78, 5) is 21.4. The molecule has 1 amide bonds. The number of piperidine rings is 1. The molecular formula is C20H25N3O2. The van der Waals surface area contributed by atoms with Gasteiger partial charge in [-0.3, -0.25) is 9.69 Å². The summed E-state index contributed by atoms with van der Waals surface area (Å²) < 4.78 is 5.41. The number of rotatable bonds is 2. The van der Waals surface area contributed by atoms with Crippen LogP contribution in [0, 0.1) is 13.8 Å². The molecule has 0 bridgehead atoms. The summed E-state index contributed by atoms with van der Waals surface area (Å²) in [5.41, 5.74) is 3.42. The lowest BCUT2D eigenvalue weighted by molar-refractivity contribution is 0.0593. The van der Waals surface area contributed by atoms with Gasteiger partial charge in [0, 0.05) is 39.1 Å². The largest absolute Gasteiger partial charge is 0.445 e. The molecule has 1 fully saturated rings. The van der Waals surface area contributed by atoms with Crippen molar-refractivity contribution in [1.29, 1.82) is 0 Å². The number of carbonyl (C=O) groups is 1. The van der Waals surface area contributed by atoms with E-state index in [0.717, 1.165) is 45.4 Å². The molecule has 5 nitrogen and oxygen atoms in total. The molecule has 0 radical (unpaired) electrons. The number of benzene rings is 1. The molecule has 0 saturated carbocycles.